The molecule has 0 saturated heterocycles. The Labute approximate surface area is 236 Å². The van der Waals surface area contributed by atoms with Gasteiger partial charge < -0.3 is 30.6 Å². The second-order valence-electron chi connectivity index (χ2n) is 9.43. The molecule has 0 aliphatic rings. The van der Waals surface area contributed by atoms with E-state index in [-0.39, 0.29) is 18.9 Å². The van der Waals surface area contributed by atoms with Crippen molar-refractivity contribution >= 4 is 38.0 Å². The van der Waals surface area contributed by atoms with Gasteiger partial charge in [0.25, 0.3) is 0 Å². The van der Waals surface area contributed by atoms with Gasteiger partial charge in [-0.3, -0.25) is 18.6 Å². The second kappa shape index (κ2) is 15.9. The number of nitrogens with zero attached hydrogens (tertiary/aromatic N) is 1. The average Bonchev–Trinajstić information content (AvgIpc) is 2.96. The summed E-state index contributed by atoms with van der Waals surface area (Å²) in [6, 6.07) is 25.6. The summed E-state index contributed by atoms with van der Waals surface area (Å²) in [5.41, 5.74) is 0. The van der Waals surface area contributed by atoms with Gasteiger partial charge in [-0.1, -0.05) is 54.6 Å². The van der Waals surface area contributed by atoms with Crippen LogP contribution in [0, 0.1) is 0 Å². The molecule has 3 atom stereocenters. The van der Waals surface area contributed by atoms with Crippen molar-refractivity contribution < 1.29 is 28.4 Å². The molecule has 13 heteroatoms. The topological polar surface area (TPSA) is 151 Å². The molecule has 0 saturated carbocycles. The van der Waals surface area contributed by atoms with Gasteiger partial charge in [0, 0.05) is 55.2 Å². The molecule has 0 spiro atoms. The van der Waals surface area contributed by atoms with Crippen LogP contribution >= 0.6 is 22.1 Å². The smallest absolute Gasteiger partial charge is 0.242 e. The fourth-order valence-electron chi connectivity index (χ4n) is 4.00. The van der Waals surface area contributed by atoms with Gasteiger partial charge in [0.15, 0.2) is 0 Å². The summed E-state index contributed by atoms with van der Waals surface area (Å²) in [7, 11) is -10.6. The maximum absolute atomic E-state index is 12.7. The standard InChI is InChI=1S/C27H39N4O6P3/c32-38(33,25-10-4-1-5-11-25)22-28-16-19-31(20-17-29-23-39(34,35)26-12-6-2-7-13-26)21-18-30-24-40(36,37)27-14-8-3-9-15-27/h1-15,28-30H,16-24H2,(H,32,33)(H,34,35)(H,36,37). The molecule has 3 unspecified atom stereocenters. The molecule has 0 aliphatic heterocycles. The zero-order valence-corrected chi connectivity index (χ0v) is 25.1. The van der Waals surface area contributed by atoms with Crippen LogP contribution in [-0.4, -0.2) is 77.7 Å². The van der Waals surface area contributed by atoms with E-state index in [9.17, 15) is 28.4 Å². The fourth-order valence-corrected chi connectivity index (χ4v) is 7.84. The van der Waals surface area contributed by atoms with Crippen LogP contribution in [-0.2, 0) is 13.7 Å². The van der Waals surface area contributed by atoms with Crippen molar-refractivity contribution in [2.24, 2.45) is 0 Å². The van der Waals surface area contributed by atoms with E-state index in [1.54, 1.807) is 91.0 Å². The number of hydrogen-bond acceptors (Lipinski definition) is 7. The highest BCUT2D eigenvalue weighted by molar-refractivity contribution is 7.66. The molecule has 40 heavy (non-hydrogen) atoms. The molecule has 3 aromatic rings. The SMILES string of the molecule is O=P(O)(CNCCN(CCNCP(=O)(O)c1ccccc1)CCNCP(=O)(O)c1ccccc1)c1ccccc1. The largest absolute Gasteiger partial charge is 0.340 e. The highest BCUT2D eigenvalue weighted by atomic mass is 31.2. The zero-order chi connectivity index (χ0) is 28.9. The molecule has 3 aromatic carbocycles. The average molecular weight is 609 g/mol. The third-order valence-electron chi connectivity index (χ3n) is 6.27. The van der Waals surface area contributed by atoms with E-state index in [0.29, 0.717) is 55.2 Å². The first-order valence-corrected chi connectivity index (χ1v) is 18.6. The Balaban J connectivity index is 1.48. The Morgan fingerprint density at radius 2 is 0.725 bits per heavy atom. The molecular formula is C27H39N4O6P3. The van der Waals surface area contributed by atoms with Gasteiger partial charge in [0.05, 0.1) is 18.9 Å². The molecular weight excluding hydrogens is 569 g/mol. The van der Waals surface area contributed by atoms with Crippen LogP contribution in [0.2, 0.25) is 0 Å². The molecule has 3 rings (SSSR count). The quantitative estimate of drug-likeness (QED) is 0.0931. The summed E-state index contributed by atoms with van der Waals surface area (Å²) in [6.45, 7) is 2.97. The minimum atomic E-state index is -3.52. The Morgan fingerprint density at radius 1 is 0.475 bits per heavy atom. The first-order valence-electron chi connectivity index (χ1n) is 13.1. The van der Waals surface area contributed by atoms with Crippen molar-refractivity contribution in [2.45, 2.75) is 0 Å². The van der Waals surface area contributed by atoms with Crippen LogP contribution in [0.3, 0.4) is 0 Å². The molecule has 0 bridgehead atoms. The molecule has 6 N–H and O–H groups in total. The molecule has 0 radical (unpaired) electrons. The van der Waals surface area contributed by atoms with Crippen LogP contribution in [0.1, 0.15) is 0 Å². The van der Waals surface area contributed by atoms with Gasteiger partial charge in [-0.15, -0.1) is 0 Å². The van der Waals surface area contributed by atoms with Crippen molar-refractivity contribution in [3.8, 4) is 0 Å². The van der Waals surface area contributed by atoms with E-state index in [2.05, 4.69) is 20.9 Å². The normalized spacial score (nSPS) is 16.2. The molecule has 0 aliphatic carbocycles. The lowest BCUT2D eigenvalue weighted by Crippen LogP contribution is -2.41. The molecule has 0 aromatic heterocycles. The van der Waals surface area contributed by atoms with Gasteiger partial charge in [0.1, 0.15) is 0 Å². The van der Waals surface area contributed by atoms with E-state index in [1.165, 1.54) is 0 Å². The molecule has 218 valence electrons. The monoisotopic (exact) mass is 608 g/mol. The van der Waals surface area contributed by atoms with E-state index >= 15 is 0 Å². The number of nitrogens with one attached hydrogen (secondary N) is 3. The minimum Gasteiger partial charge on any atom is -0.340 e. The maximum atomic E-state index is 12.7. The van der Waals surface area contributed by atoms with Gasteiger partial charge >= 0.3 is 0 Å². The summed E-state index contributed by atoms with van der Waals surface area (Å²) in [6.07, 6.45) is -0.176. The zero-order valence-electron chi connectivity index (χ0n) is 22.4. The summed E-state index contributed by atoms with van der Waals surface area (Å²) >= 11 is 0. The minimum absolute atomic E-state index is 0.0586. The van der Waals surface area contributed by atoms with E-state index in [4.69, 9.17) is 0 Å². The molecule has 0 fully saturated rings. The summed E-state index contributed by atoms with van der Waals surface area (Å²) < 4.78 is 38.0. The van der Waals surface area contributed by atoms with Gasteiger partial charge in [-0.05, 0) is 36.4 Å². The van der Waals surface area contributed by atoms with Crippen LogP contribution in [0.25, 0.3) is 0 Å². The second-order valence-corrected chi connectivity index (χ2v) is 16.1. The predicted octanol–water partition coefficient (Wildman–Crippen LogP) is 1.72. The van der Waals surface area contributed by atoms with Crippen molar-refractivity contribution in [3.63, 3.8) is 0 Å². The lowest BCUT2D eigenvalue weighted by molar-refractivity contribution is 0.276. The summed E-state index contributed by atoms with van der Waals surface area (Å²) in [4.78, 5) is 33.3. The third kappa shape index (κ3) is 10.8. The lowest BCUT2D eigenvalue weighted by atomic mass is 10.4. The van der Waals surface area contributed by atoms with E-state index in [0.717, 1.165) is 0 Å². The third-order valence-corrected chi connectivity index (χ3v) is 11.5. The molecule has 0 heterocycles. The first-order chi connectivity index (χ1) is 19.1. The number of benzene rings is 3. The summed E-state index contributed by atoms with van der Waals surface area (Å²) in [5, 5.41) is 10.4. The highest BCUT2D eigenvalue weighted by Gasteiger charge is 2.22. The van der Waals surface area contributed by atoms with Gasteiger partial charge in [-0.2, -0.15) is 0 Å². The van der Waals surface area contributed by atoms with Crippen LogP contribution in [0.4, 0.5) is 0 Å². The molecule has 10 nitrogen and oxygen atoms in total. The van der Waals surface area contributed by atoms with Gasteiger partial charge in [-0.25, -0.2) is 0 Å². The Hall–Kier alpha value is -1.93. The molecule has 0 amide bonds. The van der Waals surface area contributed by atoms with Crippen LogP contribution in [0.15, 0.2) is 91.0 Å². The Bertz CT molecular complexity index is 1140. The van der Waals surface area contributed by atoms with Crippen molar-refractivity contribution in [1.82, 2.24) is 20.9 Å². The number of hydrogen-bond donors (Lipinski definition) is 6. The fraction of sp³-hybridized carbons (Fsp3) is 0.333. The van der Waals surface area contributed by atoms with E-state index < -0.39 is 22.1 Å². The Kier molecular flexibility index (Phi) is 13.0. The van der Waals surface area contributed by atoms with Crippen molar-refractivity contribution in [3.05, 3.63) is 91.0 Å². The lowest BCUT2D eigenvalue weighted by Gasteiger charge is -2.24. The highest BCUT2D eigenvalue weighted by Crippen LogP contribution is 2.38. The predicted molar refractivity (Wildman–Crippen MR) is 163 cm³/mol. The van der Waals surface area contributed by atoms with Crippen LogP contribution < -0.4 is 31.9 Å². The van der Waals surface area contributed by atoms with Crippen LogP contribution in [0.5, 0.6) is 0 Å². The van der Waals surface area contributed by atoms with Gasteiger partial charge in [0.2, 0.25) is 22.1 Å². The maximum Gasteiger partial charge on any atom is 0.242 e. The van der Waals surface area contributed by atoms with Crippen molar-refractivity contribution in [2.75, 3.05) is 58.1 Å². The number of rotatable bonds is 18. The summed E-state index contributed by atoms with van der Waals surface area (Å²) in [5.74, 6) is 0. The van der Waals surface area contributed by atoms with Crippen molar-refractivity contribution in [1.29, 1.82) is 0 Å². The first kappa shape index (κ1) is 32.6. The van der Waals surface area contributed by atoms with E-state index in [1.807, 2.05) is 0 Å². The Morgan fingerprint density at radius 3 is 0.975 bits per heavy atom.